The van der Waals surface area contributed by atoms with Gasteiger partial charge in [-0.25, -0.2) is 0 Å². The molecule has 4 nitrogen and oxygen atoms in total. The summed E-state index contributed by atoms with van der Waals surface area (Å²) in [5.41, 5.74) is 0. The molecule has 0 radical (unpaired) electrons. The first-order chi connectivity index (χ1) is 9.26. The minimum Gasteiger partial charge on any atom is -0.493 e. The van der Waals surface area contributed by atoms with Gasteiger partial charge in [0.25, 0.3) is 5.91 Å². The summed E-state index contributed by atoms with van der Waals surface area (Å²) in [5, 5.41) is 0. The quantitative estimate of drug-likeness (QED) is 0.819. The van der Waals surface area contributed by atoms with Gasteiger partial charge in [0.2, 0.25) is 0 Å². The lowest BCUT2D eigenvalue weighted by Crippen LogP contribution is -2.40. The molecule has 1 amide bonds. The lowest BCUT2D eigenvalue weighted by Gasteiger charge is -2.23. The maximum absolute atomic E-state index is 12.3. The number of para-hydroxylation sites is 2. The Morgan fingerprint density at radius 1 is 1.26 bits per heavy atom. The maximum Gasteiger partial charge on any atom is 0.263 e. The summed E-state index contributed by atoms with van der Waals surface area (Å²) in [6.45, 7) is 3.67. The highest BCUT2D eigenvalue weighted by molar-refractivity contribution is 5.81. The predicted octanol–water partition coefficient (Wildman–Crippen LogP) is 2.48. The Hall–Kier alpha value is -1.71. The van der Waals surface area contributed by atoms with Crippen molar-refractivity contribution < 1.29 is 14.3 Å². The molecule has 1 aliphatic heterocycles. The minimum atomic E-state index is -0.422. The van der Waals surface area contributed by atoms with Gasteiger partial charge in [0.1, 0.15) is 0 Å². The van der Waals surface area contributed by atoms with Crippen molar-refractivity contribution in [2.45, 2.75) is 32.3 Å². The third-order valence-corrected chi connectivity index (χ3v) is 3.40. The van der Waals surface area contributed by atoms with Gasteiger partial charge < -0.3 is 14.4 Å². The van der Waals surface area contributed by atoms with Gasteiger partial charge in [-0.2, -0.15) is 0 Å². The first-order valence-corrected chi connectivity index (χ1v) is 6.84. The van der Waals surface area contributed by atoms with Crippen LogP contribution < -0.4 is 9.47 Å². The number of rotatable bonds is 5. The number of carbonyl (C=O) groups excluding carboxylic acids is 1. The van der Waals surface area contributed by atoms with Crippen LogP contribution in [-0.4, -0.2) is 37.1 Å². The van der Waals surface area contributed by atoms with E-state index in [-0.39, 0.29) is 5.91 Å². The van der Waals surface area contributed by atoms with Crippen molar-refractivity contribution >= 4 is 5.91 Å². The van der Waals surface area contributed by atoms with Crippen molar-refractivity contribution in [2.75, 3.05) is 20.2 Å². The lowest BCUT2D eigenvalue weighted by atomic mass is 10.2. The molecular weight excluding hydrogens is 242 g/mol. The van der Waals surface area contributed by atoms with Gasteiger partial charge >= 0.3 is 0 Å². The third-order valence-electron chi connectivity index (χ3n) is 3.40. The lowest BCUT2D eigenvalue weighted by molar-refractivity contribution is -0.137. The van der Waals surface area contributed by atoms with Crippen LogP contribution in [0.1, 0.15) is 26.2 Å². The molecule has 0 aromatic heterocycles. The molecular formula is C15H21NO3. The second-order valence-electron chi connectivity index (χ2n) is 4.70. The number of hydrogen-bond donors (Lipinski definition) is 0. The molecule has 4 heteroatoms. The Morgan fingerprint density at radius 2 is 1.89 bits per heavy atom. The Balaban J connectivity index is 2.07. The molecule has 0 aliphatic carbocycles. The highest BCUT2D eigenvalue weighted by Crippen LogP contribution is 2.28. The molecule has 0 unspecified atom stereocenters. The second kappa shape index (κ2) is 6.45. The van der Waals surface area contributed by atoms with Crippen molar-refractivity contribution in [3.05, 3.63) is 24.3 Å². The molecule has 1 atom stereocenters. The van der Waals surface area contributed by atoms with Crippen molar-refractivity contribution in [2.24, 2.45) is 0 Å². The number of methoxy groups -OCH3 is 1. The van der Waals surface area contributed by atoms with Gasteiger partial charge in [0, 0.05) is 13.1 Å². The number of hydrogen-bond acceptors (Lipinski definition) is 3. The molecule has 0 N–H and O–H groups in total. The van der Waals surface area contributed by atoms with Crippen LogP contribution in [0, 0.1) is 0 Å². The Bertz CT molecular complexity index is 427. The minimum absolute atomic E-state index is 0.0888. The zero-order valence-corrected chi connectivity index (χ0v) is 11.6. The fourth-order valence-electron chi connectivity index (χ4n) is 2.32. The maximum atomic E-state index is 12.3. The van der Waals surface area contributed by atoms with Gasteiger partial charge in [0.15, 0.2) is 17.6 Å². The van der Waals surface area contributed by atoms with E-state index in [1.165, 1.54) is 0 Å². The van der Waals surface area contributed by atoms with Crippen LogP contribution in [0.5, 0.6) is 11.5 Å². The number of benzene rings is 1. The standard InChI is InChI=1S/C15H21NO3/c1-3-12(15(17)16-10-6-7-11-16)19-14-9-5-4-8-13(14)18-2/h4-5,8-9,12H,3,6-7,10-11H2,1-2H3/t12-/m0/s1. The number of carbonyl (C=O) groups is 1. The number of ether oxygens (including phenoxy) is 2. The fourth-order valence-corrected chi connectivity index (χ4v) is 2.32. The van der Waals surface area contributed by atoms with Gasteiger partial charge in [-0.15, -0.1) is 0 Å². The average molecular weight is 263 g/mol. The SMILES string of the molecule is CC[C@H](Oc1ccccc1OC)C(=O)N1CCCC1. The Morgan fingerprint density at radius 3 is 2.47 bits per heavy atom. The first-order valence-electron chi connectivity index (χ1n) is 6.84. The van der Waals surface area contributed by atoms with Crippen LogP contribution >= 0.6 is 0 Å². The normalized spacial score (nSPS) is 16.2. The van der Waals surface area contributed by atoms with Gasteiger partial charge in [0.05, 0.1) is 7.11 Å². The van der Waals surface area contributed by atoms with Crippen molar-refractivity contribution in [1.82, 2.24) is 4.90 Å². The molecule has 1 saturated heterocycles. The van der Waals surface area contributed by atoms with Crippen LogP contribution in [0.15, 0.2) is 24.3 Å². The van der Waals surface area contributed by atoms with Crippen molar-refractivity contribution in [3.8, 4) is 11.5 Å². The summed E-state index contributed by atoms with van der Waals surface area (Å²) in [5.74, 6) is 1.38. The smallest absolute Gasteiger partial charge is 0.263 e. The summed E-state index contributed by atoms with van der Waals surface area (Å²) in [7, 11) is 1.60. The molecule has 1 heterocycles. The summed E-state index contributed by atoms with van der Waals surface area (Å²) in [4.78, 5) is 14.2. The van der Waals surface area contributed by atoms with E-state index < -0.39 is 6.10 Å². The molecule has 1 fully saturated rings. The summed E-state index contributed by atoms with van der Waals surface area (Å²) in [6, 6.07) is 7.43. The highest BCUT2D eigenvalue weighted by Gasteiger charge is 2.27. The summed E-state index contributed by atoms with van der Waals surface area (Å²) >= 11 is 0. The van der Waals surface area contributed by atoms with Crippen LogP contribution in [0.3, 0.4) is 0 Å². The summed E-state index contributed by atoms with van der Waals surface area (Å²) < 4.78 is 11.1. The number of amides is 1. The summed E-state index contributed by atoms with van der Waals surface area (Å²) in [6.07, 6.45) is 2.43. The molecule has 1 aliphatic rings. The van der Waals surface area contributed by atoms with Crippen molar-refractivity contribution in [1.29, 1.82) is 0 Å². The van der Waals surface area contributed by atoms with Crippen LogP contribution in [0.25, 0.3) is 0 Å². The van der Waals surface area contributed by atoms with Crippen LogP contribution in [0.4, 0.5) is 0 Å². The molecule has 1 aromatic rings. The Labute approximate surface area is 114 Å². The largest absolute Gasteiger partial charge is 0.493 e. The van der Waals surface area contributed by atoms with Gasteiger partial charge in [-0.05, 0) is 31.4 Å². The molecule has 2 rings (SSSR count). The van der Waals surface area contributed by atoms with E-state index in [1.54, 1.807) is 7.11 Å². The van der Waals surface area contributed by atoms with E-state index in [4.69, 9.17) is 9.47 Å². The monoisotopic (exact) mass is 263 g/mol. The molecule has 0 saturated carbocycles. The Kier molecular flexibility index (Phi) is 4.66. The molecule has 0 spiro atoms. The molecule has 104 valence electrons. The highest BCUT2D eigenvalue weighted by atomic mass is 16.5. The van der Waals surface area contributed by atoms with E-state index >= 15 is 0 Å². The van der Waals surface area contributed by atoms with Crippen molar-refractivity contribution in [3.63, 3.8) is 0 Å². The van der Waals surface area contributed by atoms with E-state index in [9.17, 15) is 4.79 Å². The van der Waals surface area contributed by atoms with E-state index in [0.29, 0.717) is 17.9 Å². The molecule has 1 aromatic carbocycles. The molecule has 19 heavy (non-hydrogen) atoms. The third kappa shape index (κ3) is 3.19. The zero-order valence-electron chi connectivity index (χ0n) is 11.6. The van der Waals surface area contributed by atoms with Crippen LogP contribution in [0.2, 0.25) is 0 Å². The van der Waals surface area contributed by atoms with Gasteiger partial charge in [-0.3, -0.25) is 4.79 Å². The zero-order chi connectivity index (χ0) is 13.7. The fraction of sp³-hybridized carbons (Fsp3) is 0.533. The van der Waals surface area contributed by atoms with E-state index in [0.717, 1.165) is 25.9 Å². The number of nitrogens with zero attached hydrogens (tertiary/aromatic N) is 1. The molecule has 0 bridgehead atoms. The first kappa shape index (κ1) is 13.7. The van der Waals surface area contributed by atoms with E-state index in [1.807, 2.05) is 36.1 Å². The predicted molar refractivity (Wildman–Crippen MR) is 73.5 cm³/mol. The van der Waals surface area contributed by atoms with Gasteiger partial charge in [-0.1, -0.05) is 19.1 Å². The second-order valence-corrected chi connectivity index (χ2v) is 4.70. The topological polar surface area (TPSA) is 38.8 Å². The number of likely N-dealkylation sites (tertiary alicyclic amines) is 1. The van der Waals surface area contributed by atoms with Crippen LogP contribution in [-0.2, 0) is 4.79 Å². The van der Waals surface area contributed by atoms with E-state index in [2.05, 4.69) is 0 Å². The average Bonchev–Trinajstić information content (AvgIpc) is 2.98.